The number of likely N-dealkylation sites (tertiary alicyclic amines) is 1. The van der Waals surface area contributed by atoms with Crippen molar-refractivity contribution in [2.24, 2.45) is 0 Å². The first-order chi connectivity index (χ1) is 13.3. The van der Waals surface area contributed by atoms with Crippen LogP contribution in [0.2, 0.25) is 0 Å². The highest BCUT2D eigenvalue weighted by atomic mass is 32.1. The number of nitrogens with zero attached hydrogens (tertiary/aromatic N) is 4. The van der Waals surface area contributed by atoms with Gasteiger partial charge in [-0.05, 0) is 36.9 Å². The minimum absolute atomic E-state index is 0.162. The summed E-state index contributed by atoms with van der Waals surface area (Å²) in [5.41, 5.74) is 0.641. The number of thiophene rings is 1. The Morgan fingerprint density at radius 1 is 1.33 bits per heavy atom. The quantitative estimate of drug-likeness (QED) is 0.548. The molecule has 0 spiro atoms. The molecular formula is C19H22N4O3S. The molecule has 1 saturated heterocycles. The molecule has 3 aromatic heterocycles. The lowest BCUT2D eigenvalue weighted by molar-refractivity contribution is 0.146. The van der Waals surface area contributed by atoms with Crippen LogP contribution in [-0.4, -0.2) is 46.9 Å². The van der Waals surface area contributed by atoms with Crippen molar-refractivity contribution >= 4 is 11.3 Å². The van der Waals surface area contributed by atoms with Gasteiger partial charge in [-0.15, -0.1) is 11.3 Å². The van der Waals surface area contributed by atoms with Crippen molar-refractivity contribution in [2.45, 2.75) is 25.4 Å². The van der Waals surface area contributed by atoms with Crippen LogP contribution in [0.25, 0.3) is 11.5 Å². The Balaban J connectivity index is 1.47. The minimum Gasteiger partial charge on any atom is -0.491 e. The summed E-state index contributed by atoms with van der Waals surface area (Å²) in [4.78, 5) is 12.7. The zero-order chi connectivity index (χ0) is 18.5. The molecule has 1 atom stereocenters. The Morgan fingerprint density at radius 2 is 2.30 bits per heavy atom. The van der Waals surface area contributed by atoms with Gasteiger partial charge in [0.25, 0.3) is 0 Å². The van der Waals surface area contributed by atoms with Crippen LogP contribution in [0.1, 0.15) is 29.7 Å². The molecule has 142 valence electrons. The number of pyridine rings is 1. The van der Waals surface area contributed by atoms with Gasteiger partial charge in [-0.1, -0.05) is 11.2 Å². The molecular weight excluding hydrogens is 364 g/mol. The van der Waals surface area contributed by atoms with E-state index in [-0.39, 0.29) is 6.04 Å². The van der Waals surface area contributed by atoms with Crippen LogP contribution in [0.5, 0.6) is 5.75 Å². The summed E-state index contributed by atoms with van der Waals surface area (Å²) in [5.74, 6) is 1.86. The fourth-order valence-corrected chi connectivity index (χ4v) is 3.97. The molecule has 7 nitrogen and oxygen atoms in total. The number of ether oxygens (including phenoxy) is 2. The van der Waals surface area contributed by atoms with E-state index in [4.69, 9.17) is 14.0 Å². The highest BCUT2D eigenvalue weighted by Gasteiger charge is 2.31. The van der Waals surface area contributed by atoms with Crippen molar-refractivity contribution in [1.29, 1.82) is 0 Å². The van der Waals surface area contributed by atoms with Crippen LogP contribution in [0, 0.1) is 0 Å². The van der Waals surface area contributed by atoms with Crippen LogP contribution >= 0.6 is 11.3 Å². The largest absolute Gasteiger partial charge is 0.491 e. The molecule has 0 radical (unpaired) electrons. The van der Waals surface area contributed by atoms with E-state index in [1.54, 1.807) is 30.7 Å². The number of hydrogen-bond donors (Lipinski definition) is 0. The van der Waals surface area contributed by atoms with Crippen molar-refractivity contribution in [2.75, 3.05) is 26.9 Å². The predicted octanol–water partition coefficient (Wildman–Crippen LogP) is 3.56. The highest BCUT2D eigenvalue weighted by molar-refractivity contribution is 7.09. The second-order valence-electron chi connectivity index (χ2n) is 6.38. The van der Waals surface area contributed by atoms with Gasteiger partial charge in [-0.3, -0.25) is 9.88 Å². The maximum atomic E-state index is 5.63. The normalized spacial score (nSPS) is 17.4. The van der Waals surface area contributed by atoms with Gasteiger partial charge in [-0.2, -0.15) is 4.98 Å². The van der Waals surface area contributed by atoms with Gasteiger partial charge in [0.2, 0.25) is 11.7 Å². The molecule has 0 N–H and O–H groups in total. The SMILES string of the molecule is COCCOc1ccnc(-c2noc([C@@H]3CCCN3Cc3cccs3)n2)c1. The summed E-state index contributed by atoms with van der Waals surface area (Å²) in [6.45, 7) is 2.98. The summed E-state index contributed by atoms with van der Waals surface area (Å²) in [5, 5.41) is 6.26. The van der Waals surface area contributed by atoms with Gasteiger partial charge in [0.15, 0.2) is 0 Å². The second-order valence-corrected chi connectivity index (χ2v) is 7.41. The summed E-state index contributed by atoms with van der Waals surface area (Å²) in [6, 6.07) is 8.04. The van der Waals surface area contributed by atoms with Crippen molar-refractivity contribution in [3.63, 3.8) is 0 Å². The van der Waals surface area contributed by atoms with E-state index in [1.165, 1.54) is 4.88 Å². The van der Waals surface area contributed by atoms with Gasteiger partial charge >= 0.3 is 0 Å². The lowest BCUT2D eigenvalue weighted by atomic mass is 10.2. The van der Waals surface area contributed by atoms with E-state index in [0.717, 1.165) is 25.9 Å². The summed E-state index contributed by atoms with van der Waals surface area (Å²) < 4.78 is 16.2. The molecule has 1 aliphatic rings. The molecule has 3 aromatic rings. The Morgan fingerprint density at radius 3 is 3.15 bits per heavy atom. The Kier molecular flexibility index (Phi) is 5.76. The third-order valence-corrected chi connectivity index (χ3v) is 5.41. The molecule has 0 aromatic carbocycles. The smallest absolute Gasteiger partial charge is 0.244 e. The molecule has 0 unspecified atom stereocenters. The maximum Gasteiger partial charge on any atom is 0.244 e. The highest BCUT2D eigenvalue weighted by Crippen LogP contribution is 2.33. The zero-order valence-electron chi connectivity index (χ0n) is 15.2. The van der Waals surface area contributed by atoms with Crippen LogP contribution in [0.15, 0.2) is 40.4 Å². The topological polar surface area (TPSA) is 73.5 Å². The number of rotatable bonds is 8. The standard InChI is InChI=1S/C19H22N4O3S/c1-24-9-10-25-14-6-7-20-16(12-14)18-21-19(26-22-18)17-5-2-8-23(17)13-15-4-3-11-27-15/h3-4,6-7,11-12,17H,2,5,8-10,13H2,1H3/t17-/m0/s1. The lowest BCUT2D eigenvalue weighted by Crippen LogP contribution is -2.22. The summed E-state index contributed by atoms with van der Waals surface area (Å²) in [6.07, 6.45) is 3.85. The van der Waals surface area contributed by atoms with E-state index < -0.39 is 0 Å². The minimum atomic E-state index is 0.162. The van der Waals surface area contributed by atoms with E-state index >= 15 is 0 Å². The van der Waals surface area contributed by atoms with Gasteiger partial charge in [0.1, 0.15) is 18.1 Å². The first-order valence-corrected chi connectivity index (χ1v) is 9.89. The van der Waals surface area contributed by atoms with E-state index in [0.29, 0.717) is 36.4 Å². The van der Waals surface area contributed by atoms with Crippen molar-refractivity contribution in [1.82, 2.24) is 20.0 Å². The number of hydrogen-bond acceptors (Lipinski definition) is 8. The van der Waals surface area contributed by atoms with Crippen LogP contribution in [-0.2, 0) is 11.3 Å². The molecule has 0 saturated carbocycles. The van der Waals surface area contributed by atoms with Crippen LogP contribution in [0.3, 0.4) is 0 Å². The van der Waals surface area contributed by atoms with Crippen LogP contribution < -0.4 is 4.74 Å². The zero-order valence-corrected chi connectivity index (χ0v) is 16.0. The second kappa shape index (κ2) is 8.60. The average molecular weight is 386 g/mol. The molecule has 4 rings (SSSR count). The van der Waals surface area contributed by atoms with Gasteiger partial charge < -0.3 is 14.0 Å². The van der Waals surface area contributed by atoms with E-state index in [2.05, 4.69) is 37.5 Å². The van der Waals surface area contributed by atoms with Crippen molar-refractivity contribution in [3.8, 4) is 17.3 Å². The molecule has 1 aliphatic heterocycles. The molecule has 0 bridgehead atoms. The fourth-order valence-electron chi connectivity index (χ4n) is 3.24. The van der Waals surface area contributed by atoms with Crippen molar-refractivity contribution < 1.29 is 14.0 Å². The third-order valence-electron chi connectivity index (χ3n) is 4.55. The van der Waals surface area contributed by atoms with Gasteiger partial charge in [0.05, 0.1) is 12.6 Å². The Hall–Kier alpha value is -2.29. The molecule has 8 heteroatoms. The Labute approximate surface area is 161 Å². The molecule has 1 fully saturated rings. The number of aromatic nitrogens is 3. The maximum absolute atomic E-state index is 5.63. The molecule has 0 aliphatic carbocycles. The summed E-state index contributed by atoms with van der Waals surface area (Å²) >= 11 is 1.78. The predicted molar refractivity (Wildman–Crippen MR) is 102 cm³/mol. The number of methoxy groups -OCH3 is 1. The van der Waals surface area contributed by atoms with E-state index in [9.17, 15) is 0 Å². The van der Waals surface area contributed by atoms with Crippen LogP contribution in [0.4, 0.5) is 0 Å². The molecule has 27 heavy (non-hydrogen) atoms. The fraction of sp³-hybridized carbons (Fsp3) is 0.421. The van der Waals surface area contributed by atoms with Gasteiger partial charge in [0, 0.05) is 30.8 Å². The van der Waals surface area contributed by atoms with E-state index in [1.807, 2.05) is 6.07 Å². The third kappa shape index (κ3) is 4.35. The first kappa shape index (κ1) is 18.1. The average Bonchev–Trinajstić information content (AvgIpc) is 3.44. The molecule has 0 amide bonds. The monoisotopic (exact) mass is 386 g/mol. The first-order valence-electron chi connectivity index (χ1n) is 9.01. The Bertz CT molecular complexity index is 852. The lowest BCUT2D eigenvalue weighted by Gasteiger charge is -2.20. The van der Waals surface area contributed by atoms with Gasteiger partial charge in [-0.25, -0.2) is 0 Å². The van der Waals surface area contributed by atoms with Crippen molar-refractivity contribution in [3.05, 3.63) is 46.6 Å². The summed E-state index contributed by atoms with van der Waals surface area (Å²) in [7, 11) is 1.65. The molecule has 4 heterocycles.